The van der Waals surface area contributed by atoms with E-state index >= 15 is 0 Å². The highest BCUT2D eigenvalue weighted by Crippen LogP contribution is 2.24. The average Bonchev–Trinajstić information content (AvgIpc) is 2.62. The number of carbonyl (C=O) groups is 1. The van der Waals surface area contributed by atoms with Gasteiger partial charge in [0.25, 0.3) is 0 Å². The van der Waals surface area contributed by atoms with Gasteiger partial charge >= 0.3 is 0 Å². The van der Waals surface area contributed by atoms with E-state index in [1.165, 1.54) is 19.2 Å². The molecule has 0 saturated carbocycles. The highest BCUT2D eigenvalue weighted by Gasteiger charge is 2.10. The molecule has 0 aromatic heterocycles. The van der Waals surface area contributed by atoms with Crippen LogP contribution in [0.25, 0.3) is 0 Å². The van der Waals surface area contributed by atoms with Gasteiger partial charge in [0.1, 0.15) is 17.3 Å². The molecule has 25 heavy (non-hydrogen) atoms. The van der Waals surface area contributed by atoms with Crippen molar-refractivity contribution in [3.05, 3.63) is 53.8 Å². The molecule has 1 amide bonds. The molecule has 0 radical (unpaired) electrons. The summed E-state index contributed by atoms with van der Waals surface area (Å²) >= 11 is 5.02. The number of amides is 1. The Hall–Kier alpha value is -2.87. The summed E-state index contributed by atoms with van der Waals surface area (Å²) in [5.74, 6) is 0.401. The van der Waals surface area contributed by atoms with Gasteiger partial charge in [0.15, 0.2) is 5.11 Å². The number of rotatable bonds is 5. The van der Waals surface area contributed by atoms with Crippen molar-refractivity contribution in [2.45, 2.75) is 6.42 Å². The zero-order valence-electron chi connectivity index (χ0n) is 13.8. The third-order valence-electron chi connectivity index (χ3n) is 3.28. The van der Waals surface area contributed by atoms with Crippen molar-refractivity contribution in [3.8, 4) is 11.5 Å². The van der Waals surface area contributed by atoms with Crippen molar-refractivity contribution in [2.24, 2.45) is 0 Å². The van der Waals surface area contributed by atoms with Crippen molar-refractivity contribution >= 4 is 28.9 Å². The lowest BCUT2D eigenvalue weighted by Crippen LogP contribution is -2.44. The number of anilines is 1. The molecule has 2 aromatic carbocycles. The third-order valence-corrected chi connectivity index (χ3v) is 3.49. The Morgan fingerprint density at radius 3 is 2.56 bits per heavy atom. The predicted molar refractivity (Wildman–Crippen MR) is 97.1 cm³/mol. The molecule has 6 nitrogen and oxygen atoms in total. The maximum absolute atomic E-state index is 13.5. The minimum Gasteiger partial charge on any atom is -0.497 e. The SMILES string of the molecule is COc1ccc(CC(=O)NNC(=S)Nc2ccccc2F)c(OC)c1. The largest absolute Gasteiger partial charge is 0.497 e. The van der Waals surface area contributed by atoms with Crippen molar-refractivity contribution in [3.63, 3.8) is 0 Å². The summed E-state index contributed by atoms with van der Waals surface area (Å²) in [5, 5.41) is 2.73. The van der Waals surface area contributed by atoms with E-state index in [4.69, 9.17) is 21.7 Å². The predicted octanol–water partition coefficient (Wildman–Crippen LogP) is 2.40. The van der Waals surface area contributed by atoms with Crippen molar-refractivity contribution in [1.29, 1.82) is 0 Å². The van der Waals surface area contributed by atoms with Gasteiger partial charge in [0.2, 0.25) is 5.91 Å². The molecule has 0 bridgehead atoms. The monoisotopic (exact) mass is 363 g/mol. The summed E-state index contributed by atoms with van der Waals surface area (Å²) < 4.78 is 23.9. The molecule has 0 aliphatic rings. The topological polar surface area (TPSA) is 71.6 Å². The quantitative estimate of drug-likeness (QED) is 0.560. The van der Waals surface area contributed by atoms with E-state index in [9.17, 15) is 9.18 Å². The van der Waals surface area contributed by atoms with Gasteiger partial charge in [-0.15, -0.1) is 0 Å². The molecule has 0 unspecified atom stereocenters. The molecular weight excluding hydrogens is 345 g/mol. The lowest BCUT2D eigenvalue weighted by Gasteiger charge is -2.13. The van der Waals surface area contributed by atoms with Crippen molar-refractivity contribution in [1.82, 2.24) is 10.9 Å². The van der Waals surface area contributed by atoms with Crippen LogP contribution in [0.1, 0.15) is 5.56 Å². The Kier molecular flexibility index (Phi) is 6.53. The first-order valence-corrected chi connectivity index (χ1v) is 7.75. The number of hydrogen-bond acceptors (Lipinski definition) is 4. The maximum atomic E-state index is 13.5. The molecule has 0 spiro atoms. The van der Waals surface area contributed by atoms with Gasteiger partial charge in [-0.1, -0.05) is 18.2 Å². The number of para-hydroxylation sites is 1. The molecule has 8 heteroatoms. The van der Waals surface area contributed by atoms with E-state index in [1.807, 2.05) is 0 Å². The zero-order valence-corrected chi connectivity index (χ0v) is 14.6. The molecule has 0 aliphatic carbocycles. The minimum absolute atomic E-state index is 0.0696. The summed E-state index contributed by atoms with van der Waals surface area (Å²) in [6.07, 6.45) is 0.0719. The first kappa shape index (κ1) is 18.5. The van der Waals surface area contributed by atoms with E-state index in [0.29, 0.717) is 17.1 Å². The first-order chi connectivity index (χ1) is 12.0. The van der Waals surface area contributed by atoms with Crippen LogP contribution in [-0.2, 0) is 11.2 Å². The van der Waals surface area contributed by atoms with Gasteiger partial charge in [0.05, 0.1) is 26.3 Å². The van der Waals surface area contributed by atoms with Gasteiger partial charge < -0.3 is 14.8 Å². The molecule has 0 atom stereocenters. The van der Waals surface area contributed by atoms with Crippen molar-refractivity contribution in [2.75, 3.05) is 19.5 Å². The van der Waals surface area contributed by atoms with Gasteiger partial charge in [-0.2, -0.15) is 0 Å². The van der Waals surface area contributed by atoms with E-state index in [0.717, 1.165) is 0 Å². The average molecular weight is 363 g/mol. The lowest BCUT2D eigenvalue weighted by atomic mass is 10.1. The number of ether oxygens (including phenoxy) is 2. The number of methoxy groups -OCH3 is 2. The van der Waals surface area contributed by atoms with E-state index in [-0.39, 0.29) is 23.1 Å². The summed E-state index contributed by atoms with van der Waals surface area (Å²) in [6, 6.07) is 11.3. The number of carbonyl (C=O) groups excluding carboxylic acids is 1. The second-order valence-electron chi connectivity index (χ2n) is 4.96. The molecule has 3 N–H and O–H groups in total. The van der Waals surface area contributed by atoms with E-state index in [1.54, 1.807) is 37.4 Å². The second-order valence-corrected chi connectivity index (χ2v) is 5.37. The zero-order chi connectivity index (χ0) is 18.2. The molecule has 0 saturated heterocycles. The fraction of sp³-hybridized carbons (Fsp3) is 0.176. The Morgan fingerprint density at radius 1 is 1.12 bits per heavy atom. The Morgan fingerprint density at radius 2 is 1.88 bits per heavy atom. The number of benzene rings is 2. The Bertz CT molecular complexity index is 771. The second kappa shape index (κ2) is 8.84. The fourth-order valence-electron chi connectivity index (χ4n) is 2.06. The normalized spacial score (nSPS) is 9.88. The van der Waals surface area contributed by atoms with Crippen LogP contribution >= 0.6 is 12.2 Å². The van der Waals surface area contributed by atoms with Crippen LogP contribution in [0.4, 0.5) is 10.1 Å². The molecular formula is C17H18FN3O3S. The van der Waals surface area contributed by atoms with Crippen LogP contribution < -0.4 is 25.6 Å². The molecule has 0 aliphatic heterocycles. The summed E-state index contributed by atoms with van der Waals surface area (Å²) in [7, 11) is 3.07. The van der Waals surface area contributed by atoms with Crippen molar-refractivity contribution < 1.29 is 18.7 Å². The van der Waals surface area contributed by atoms with Crippen LogP contribution in [-0.4, -0.2) is 25.2 Å². The molecule has 132 valence electrons. The molecule has 2 rings (SSSR count). The highest BCUT2D eigenvalue weighted by molar-refractivity contribution is 7.80. The number of halogens is 1. The van der Waals surface area contributed by atoms with Gasteiger partial charge in [-0.25, -0.2) is 4.39 Å². The van der Waals surface area contributed by atoms with Crippen LogP contribution in [0.3, 0.4) is 0 Å². The number of hydrogen-bond donors (Lipinski definition) is 3. The molecule has 0 fully saturated rings. The van der Waals surface area contributed by atoms with Crippen LogP contribution in [0, 0.1) is 5.82 Å². The molecule has 2 aromatic rings. The van der Waals surface area contributed by atoms with Crippen LogP contribution in [0.5, 0.6) is 11.5 Å². The Labute approximate surface area is 150 Å². The van der Waals surface area contributed by atoms with Gasteiger partial charge in [-0.05, 0) is 30.4 Å². The standard InChI is InChI=1S/C17H18FN3O3S/c1-23-12-8-7-11(15(10-12)24-2)9-16(22)20-21-17(25)19-14-6-4-3-5-13(14)18/h3-8,10H,9H2,1-2H3,(H,20,22)(H2,19,21,25). The van der Waals surface area contributed by atoms with E-state index in [2.05, 4.69) is 16.2 Å². The first-order valence-electron chi connectivity index (χ1n) is 7.34. The fourth-order valence-corrected chi connectivity index (χ4v) is 2.22. The van der Waals surface area contributed by atoms with E-state index < -0.39 is 5.82 Å². The Balaban J connectivity index is 1.88. The summed E-state index contributed by atoms with van der Waals surface area (Å²) in [4.78, 5) is 12.0. The third kappa shape index (κ3) is 5.32. The molecule has 0 heterocycles. The van der Waals surface area contributed by atoms with Crippen LogP contribution in [0.2, 0.25) is 0 Å². The smallest absolute Gasteiger partial charge is 0.242 e. The number of hydrazine groups is 1. The van der Waals surface area contributed by atoms with Gasteiger partial charge in [-0.3, -0.25) is 15.6 Å². The number of thiocarbonyl (C=S) groups is 1. The summed E-state index contributed by atoms with van der Waals surface area (Å²) in [5.41, 5.74) is 5.88. The summed E-state index contributed by atoms with van der Waals surface area (Å²) in [6.45, 7) is 0. The lowest BCUT2D eigenvalue weighted by molar-refractivity contribution is -0.121. The van der Waals surface area contributed by atoms with Gasteiger partial charge in [0, 0.05) is 11.6 Å². The number of nitrogens with one attached hydrogen (secondary N) is 3. The maximum Gasteiger partial charge on any atom is 0.242 e. The van der Waals surface area contributed by atoms with Crippen LogP contribution in [0.15, 0.2) is 42.5 Å². The minimum atomic E-state index is -0.444. The highest BCUT2D eigenvalue weighted by atomic mass is 32.1.